The number of hydrogen-bond donors (Lipinski definition) is 2. The molecule has 0 unspecified atom stereocenters. The summed E-state index contributed by atoms with van der Waals surface area (Å²) in [5.41, 5.74) is 4.33. The van der Waals surface area contributed by atoms with Gasteiger partial charge in [-0.3, -0.25) is 14.6 Å². The van der Waals surface area contributed by atoms with Gasteiger partial charge in [-0.25, -0.2) is 0 Å². The molecule has 0 spiro atoms. The fourth-order valence-electron chi connectivity index (χ4n) is 2.96. The summed E-state index contributed by atoms with van der Waals surface area (Å²) in [5, 5.41) is 5.67. The Hall–Kier alpha value is -3.67. The van der Waals surface area contributed by atoms with E-state index in [0.717, 1.165) is 28.1 Å². The number of benzene rings is 2. The van der Waals surface area contributed by atoms with Gasteiger partial charge >= 0.3 is 0 Å². The lowest BCUT2D eigenvalue weighted by atomic mass is 10.1. The number of carbonyl (C=O) groups excluding carboxylic acids is 2. The number of carbonyl (C=O) groups is 2. The number of methoxy groups -OCH3 is 1. The van der Waals surface area contributed by atoms with Crippen LogP contribution in [0.15, 0.2) is 60.8 Å². The zero-order valence-electron chi connectivity index (χ0n) is 16.7. The lowest BCUT2D eigenvalue weighted by molar-refractivity contribution is 0.0946. The zero-order valence-corrected chi connectivity index (χ0v) is 16.7. The van der Waals surface area contributed by atoms with E-state index in [9.17, 15) is 9.59 Å². The molecular formula is C23H23N3O3. The Labute approximate surface area is 169 Å². The lowest BCUT2D eigenvalue weighted by Gasteiger charge is -2.09. The van der Waals surface area contributed by atoms with Crippen LogP contribution in [0.2, 0.25) is 0 Å². The molecule has 2 amide bonds. The van der Waals surface area contributed by atoms with E-state index < -0.39 is 0 Å². The summed E-state index contributed by atoms with van der Waals surface area (Å²) in [4.78, 5) is 29.1. The molecule has 0 saturated heterocycles. The van der Waals surface area contributed by atoms with E-state index in [0.29, 0.717) is 12.1 Å². The van der Waals surface area contributed by atoms with Crippen molar-refractivity contribution < 1.29 is 14.3 Å². The van der Waals surface area contributed by atoms with Gasteiger partial charge in [0.05, 0.1) is 7.11 Å². The molecule has 29 heavy (non-hydrogen) atoms. The summed E-state index contributed by atoms with van der Waals surface area (Å²) < 4.78 is 5.12. The number of aryl methyl sites for hydroxylation is 2. The number of aromatic nitrogens is 1. The van der Waals surface area contributed by atoms with Crippen LogP contribution in [0.3, 0.4) is 0 Å². The number of amides is 2. The molecule has 0 aliphatic carbocycles. The lowest BCUT2D eigenvalue weighted by Crippen LogP contribution is -2.24. The smallest absolute Gasteiger partial charge is 0.270 e. The Bertz CT molecular complexity index is 1010. The SMILES string of the molecule is COc1ccc(CNC(=O)c2cc(C(=O)Nc3cc(C)cc(C)c3)ccn2)cc1. The molecule has 0 radical (unpaired) electrons. The fourth-order valence-corrected chi connectivity index (χ4v) is 2.96. The van der Waals surface area contributed by atoms with E-state index in [1.807, 2.05) is 56.3 Å². The van der Waals surface area contributed by atoms with E-state index in [-0.39, 0.29) is 17.5 Å². The highest BCUT2D eigenvalue weighted by Crippen LogP contribution is 2.15. The van der Waals surface area contributed by atoms with Gasteiger partial charge in [0.25, 0.3) is 11.8 Å². The van der Waals surface area contributed by atoms with Crippen molar-refractivity contribution in [3.05, 3.63) is 88.7 Å². The third-order valence-corrected chi connectivity index (χ3v) is 4.35. The fraction of sp³-hybridized carbons (Fsp3) is 0.174. The molecule has 0 saturated carbocycles. The molecule has 0 aliphatic rings. The Morgan fingerprint density at radius 2 is 1.62 bits per heavy atom. The molecule has 6 heteroatoms. The maximum absolute atomic E-state index is 12.6. The zero-order chi connectivity index (χ0) is 20.8. The molecule has 1 aromatic heterocycles. The summed E-state index contributed by atoms with van der Waals surface area (Å²) in [6.45, 7) is 4.30. The van der Waals surface area contributed by atoms with Crippen LogP contribution in [0.5, 0.6) is 5.75 Å². The summed E-state index contributed by atoms with van der Waals surface area (Å²) >= 11 is 0. The van der Waals surface area contributed by atoms with Crippen molar-refractivity contribution in [2.45, 2.75) is 20.4 Å². The highest BCUT2D eigenvalue weighted by Gasteiger charge is 2.12. The average molecular weight is 389 g/mol. The van der Waals surface area contributed by atoms with Crippen LogP contribution in [0.1, 0.15) is 37.5 Å². The van der Waals surface area contributed by atoms with E-state index in [1.54, 1.807) is 13.2 Å². The first-order valence-corrected chi connectivity index (χ1v) is 9.21. The predicted octanol–water partition coefficient (Wildman–Crippen LogP) is 3.89. The van der Waals surface area contributed by atoms with Gasteiger partial charge < -0.3 is 15.4 Å². The van der Waals surface area contributed by atoms with Gasteiger partial charge in [0.15, 0.2) is 0 Å². The number of anilines is 1. The topological polar surface area (TPSA) is 80.3 Å². The first-order valence-electron chi connectivity index (χ1n) is 9.21. The average Bonchev–Trinajstić information content (AvgIpc) is 2.71. The van der Waals surface area contributed by atoms with Crippen LogP contribution in [-0.4, -0.2) is 23.9 Å². The largest absolute Gasteiger partial charge is 0.497 e. The molecule has 3 aromatic rings. The highest BCUT2D eigenvalue weighted by atomic mass is 16.5. The number of nitrogens with one attached hydrogen (secondary N) is 2. The minimum Gasteiger partial charge on any atom is -0.497 e. The normalized spacial score (nSPS) is 10.3. The molecule has 3 rings (SSSR count). The summed E-state index contributed by atoms with van der Waals surface area (Å²) in [5.74, 6) is 0.118. The highest BCUT2D eigenvalue weighted by molar-refractivity contribution is 6.05. The van der Waals surface area contributed by atoms with Crippen molar-refractivity contribution in [2.24, 2.45) is 0 Å². The molecule has 0 aliphatic heterocycles. The number of pyridine rings is 1. The van der Waals surface area contributed by atoms with Crippen molar-refractivity contribution in [3.8, 4) is 5.75 Å². The summed E-state index contributed by atoms with van der Waals surface area (Å²) in [7, 11) is 1.60. The minimum absolute atomic E-state index is 0.187. The van der Waals surface area contributed by atoms with E-state index in [4.69, 9.17) is 4.74 Å². The molecule has 2 N–H and O–H groups in total. The van der Waals surface area contributed by atoms with Gasteiger partial charge in [0.1, 0.15) is 11.4 Å². The van der Waals surface area contributed by atoms with E-state index in [1.165, 1.54) is 12.3 Å². The first kappa shape index (κ1) is 20.1. The van der Waals surface area contributed by atoms with Crippen molar-refractivity contribution in [1.82, 2.24) is 10.3 Å². The van der Waals surface area contributed by atoms with Gasteiger partial charge in [0.2, 0.25) is 0 Å². The molecule has 2 aromatic carbocycles. The number of hydrogen-bond acceptors (Lipinski definition) is 4. The van der Waals surface area contributed by atoms with Gasteiger partial charge in [-0.05, 0) is 66.9 Å². The summed E-state index contributed by atoms with van der Waals surface area (Å²) in [6, 6.07) is 16.3. The third-order valence-electron chi connectivity index (χ3n) is 4.35. The monoisotopic (exact) mass is 389 g/mol. The Kier molecular flexibility index (Phi) is 6.24. The second-order valence-electron chi connectivity index (χ2n) is 6.79. The minimum atomic E-state index is -0.345. The van der Waals surface area contributed by atoms with Gasteiger partial charge in [-0.1, -0.05) is 18.2 Å². The Morgan fingerprint density at radius 3 is 2.28 bits per heavy atom. The quantitative estimate of drug-likeness (QED) is 0.670. The van der Waals surface area contributed by atoms with Crippen LogP contribution in [0.4, 0.5) is 5.69 Å². The predicted molar refractivity (Wildman–Crippen MR) is 112 cm³/mol. The first-order chi connectivity index (χ1) is 13.9. The second-order valence-corrected chi connectivity index (χ2v) is 6.79. The van der Waals surface area contributed by atoms with Crippen LogP contribution in [-0.2, 0) is 6.54 Å². The molecule has 6 nitrogen and oxygen atoms in total. The van der Waals surface area contributed by atoms with Gasteiger partial charge in [-0.2, -0.15) is 0 Å². The van der Waals surface area contributed by atoms with Crippen molar-refractivity contribution >= 4 is 17.5 Å². The van der Waals surface area contributed by atoms with Crippen LogP contribution >= 0.6 is 0 Å². The maximum atomic E-state index is 12.6. The van der Waals surface area contributed by atoms with Gasteiger partial charge in [-0.15, -0.1) is 0 Å². The molecule has 0 atom stereocenters. The molecule has 148 valence electrons. The van der Waals surface area contributed by atoms with E-state index >= 15 is 0 Å². The summed E-state index contributed by atoms with van der Waals surface area (Å²) in [6.07, 6.45) is 1.46. The molecule has 0 fully saturated rings. The van der Waals surface area contributed by atoms with Crippen molar-refractivity contribution in [2.75, 3.05) is 12.4 Å². The van der Waals surface area contributed by atoms with Gasteiger partial charge in [0, 0.05) is 24.0 Å². The standard InChI is InChI=1S/C23H23N3O3/c1-15-10-16(2)12-19(11-15)26-22(27)18-8-9-24-21(13-18)23(28)25-14-17-4-6-20(29-3)7-5-17/h4-13H,14H2,1-3H3,(H,25,28)(H,26,27). The van der Waals surface area contributed by atoms with Crippen molar-refractivity contribution in [1.29, 1.82) is 0 Å². The number of ether oxygens (including phenoxy) is 1. The van der Waals surface area contributed by atoms with Crippen LogP contribution in [0.25, 0.3) is 0 Å². The number of nitrogens with zero attached hydrogens (tertiary/aromatic N) is 1. The third kappa shape index (κ3) is 5.42. The maximum Gasteiger partial charge on any atom is 0.270 e. The van der Waals surface area contributed by atoms with Crippen LogP contribution < -0.4 is 15.4 Å². The Balaban J connectivity index is 1.65. The van der Waals surface area contributed by atoms with Crippen molar-refractivity contribution in [3.63, 3.8) is 0 Å². The second kappa shape index (κ2) is 9.01. The van der Waals surface area contributed by atoms with E-state index in [2.05, 4.69) is 15.6 Å². The molecule has 1 heterocycles. The number of rotatable bonds is 6. The Morgan fingerprint density at radius 1 is 0.931 bits per heavy atom. The van der Waals surface area contributed by atoms with Crippen LogP contribution in [0, 0.1) is 13.8 Å². The molecular weight excluding hydrogens is 366 g/mol. The molecule has 0 bridgehead atoms.